The molecule has 0 unspecified atom stereocenters. The molecule has 3 aliphatic carbocycles. The lowest BCUT2D eigenvalue weighted by Crippen LogP contribution is -2.29. The molecule has 3 aliphatic rings. The van der Waals surface area contributed by atoms with E-state index in [0.717, 1.165) is 11.4 Å². The molecule has 0 atom stereocenters. The zero-order valence-electron chi connectivity index (χ0n) is 38.0. The molecule has 68 heavy (non-hydrogen) atoms. The molecule has 0 bridgehead atoms. The summed E-state index contributed by atoms with van der Waals surface area (Å²) in [5.74, 6) is 0. The number of rotatable bonds is 6. The van der Waals surface area contributed by atoms with Gasteiger partial charge in [-0.2, -0.15) is 0 Å². The molecule has 1 spiro atoms. The van der Waals surface area contributed by atoms with Crippen LogP contribution in [0.3, 0.4) is 0 Å². The van der Waals surface area contributed by atoms with Crippen molar-refractivity contribution in [1.82, 2.24) is 0 Å². The summed E-state index contributed by atoms with van der Waals surface area (Å²) in [6, 6.07) is 89.4. The average Bonchev–Trinajstić information content (AvgIpc) is 3.86. The first-order chi connectivity index (χ1) is 33.7. The fourth-order valence-electron chi connectivity index (χ4n) is 13.2. The Morgan fingerprint density at radius 3 is 1.34 bits per heavy atom. The lowest BCUT2D eigenvalue weighted by atomic mass is 9.67. The predicted octanol–water partition coefficient (Wildman–Crippen LogP) is 17.9. The van der Waals surface area contributed by atoms with Gasteiger partial charge in [-0.15, -0.1) is 0 Å². The molecular formula is C67H49N. The van der Waals surface area contributed by atoms with Crippen LogP contribution >= 0.6 is 0 Å². The van der Waals surface area contributed by atoms with Crippen molar-refractivity contribution in [3.05, 3.63) is 270 Å². The first kappa shape index (κ1) is 39.2. The van der Waals surface area contributed by atoms with Gasteiger partial charge in [0.05, 0.1) is 5.41 Å². The average molecular weight is 868 g/mol. The number of hydrogen-bond donors (Lipinski definition) is 0. The number of nitrogens with zero attached hydrogens (tertiary/aromatic N) is 1. The number of anilines is 3. The van der Waals surface area contributed by atoms with E-state index in [1.807, 2.05) is 0 Å². The summed E-state index contributed by atoms with van der Waals surface area (Å²) in [6.07, 6.45) is 6.22. The van der Waals surface area contributed by atoms with Crippen LogP contribution in [0.5, 0.6) is 0 Å². The Morgan fingerprint density at radius 1 is 0.279 bits per heavy atom. The molecule has 1 nitrogen and oxygen atoms in total. The molecule has 0 amide bonds. The van der Waals surface area contributed by atoms with E-state index in [1.165, 1.54) is 137 Å². The maximum atomic E-state index is 2.57. The molecule has 0 aliphatic heterocycles. The van der Waals surface area contributed by atoms with Crippen LogP contribution in [-0.4, -0.2) is 0 Å². The highest BCUT2D eigenvalue weighted by Gasteiger charge is 2.47. The smallest absolute Gasteiger partial charge is 0.0714 e. The maximum absolute atomic E-state index is 2.57. The predicted molar refractivity (Wildman–Crippen MR) is 286 cm³/mol. The summed E-state index contributed by atoms with van der Waals surface area (Å²) in [5.41, 5.74) is 19.0. The van der Waals surface area contributed by atoms with E-state index in [-0.39, 0.29) is 5.41 Å². The zero-order valence-corrected chi connectivity index (χ0v) is 38.0. The number of fused-ring (bicyclic) bond motifs is 14. The summed E-state index contributed by atoms with van der Waals surface area (Å²) in [7, 11) is 0. The first-order valence-electron chi connectivity index (χ1n) is 24.5. The van der Waals surface area contributed by atoms with Gasteiger partial charge < -0.3 is 4.90 Å². The van der Waals surface area contributed by atoms with Gasteiger partial charge in [0.1, 0.15) is 0 Å². The van der Waals surface area contributed by atoms with Crippen LogP contribution in [0.1, 0.15) is 65.5 Å². The van der Waals surface area contributed by atoms with Crippen LogP contribution in [-0.2, 0) is 10.8 Å². The molecule has 322 valence electrons. The molecule has 14 rings (SSSR count). The van der Waals surface area contributed by atoms with E-state index in [0.29, 0.717) is 0 Å². The first-order valence-corrected chi connectivity index (χ1v) is 24.5. The van der Waals surface area contributed by atoms with Crippen LogP contribution < -0.4 is 4.90 Å². The highest BCUT2D eigenvalue weighted by Crippen LogP contribution is 2.59. The van der Waals surface area contributed by atoms with Crippen LogP contribution in [0.2, 0.25) is 0 Å². The van der Waals surface area contributed by atoms with Gasteiger partial charge in [0.15, 0.2) is 0 Å². The second-order valence-electron chi connectivity index (χ2n) is 19.4. The Balaban J connectivity index is 0.971. The third kappa shape index (κ3) is 5.63. The van der Waals surface area contributed by atoms with Crippen molar-refractivity contribution in [2.24, 2.45) is 0 Å². The number of benzene rings is 11. The summed E-state index contributed by atoms with van der Waals surface area (Å²) < 4.78 is 0. The number of hydrogen-bond acceptors (Lipinski definition) is 1. The molecule has 1 fully saturated rings. The summed E-state index contributed by atoms with van der Waals surface area (Å²) >= 11 is 0. The highest BCUT2D eigenvalue weighted by molar-refractivity contribution is 6.25. The summed E-state index contributed by atoms with van der Waals surface area (Å²) in [4.78, 5) is 2.54. The topological polar surface area (TPSA) is 3.24 Å². The second-order valence-corrected chi connectivity index (χ2v) is 19.4. The van der Waals surface area contributed by atoms with Gasteiger partial charge in [0, 0.05) is 22.5 Å². The van der Waals surface area contributed by atoms with E-state index in [2.05, 4.69) is 241 Å². The minimum Gasteiger partial charge on any atom is -0.310 e. The quantitative estimate of drug-likeness (QED) is 0.151. The molecular weight excluding hydrogens is 819 g/mol. The minimum atomic E-state index is -0.503. The van der Waals surface area contributed by atoms with E-state index in [9.17, 15) is 0 Å². The minimum absolute atomic E-state index is 0.0383. The molecule has 11 aromatic rings. The highest BCUT2D eigenvalue weighted by atomic mass is 15.1. The van der Waals surface area contributed by atoms with Crippen LogP contribution in [0, 0.1) is 0 Å². The Kier molecular flexibility index (Phi) is 8.80. The van der Waals surface area contributed by atoms with Crippen molar-refractivity contribution in [3.63, 3.8) is 0 Å². The van der Waals surface area contributed by atoms with Crippen molar-refractivity contribution in [1.29, 1.82) is 0 Å². The zero-order chi connectivity index (χ0) is 44.8. The molecule has 0 heterocycles. The van der Waals surface area contributed by atoms with Gasteiger partial charge in [0.2, 0.25) is 0 Å². The molecule has 0 radical (unpaired) electrons. The van der Waals surface area contributed by atoms with Gasteiger partial charge in [-0.05, 0) is 154 Å². The van der Waals surface area contributed by atoms with Gasteiger partial charge >= 0.3 is 0 Å². The SMILES string of the molecule is c1ccc(C2(c3ccccc3)c3ccccc3-c3ccc(N(c4ccc(-c5ccc6c7ccccc7c7ccccc7c6c5)cc4)c4ccc5c(c4)C4(CCCCC4)c4ccccc4-5)cc32)cc1. The van der Waals surface area contributed by atoms with E-state index in [4.69, 9.17) is 0 Å². The fraction of sp³-hybridized carbons (Fsp3) is 0.104. The molecule has 1 heteroatoms. The molecule has 1 saturated carbocycles. The van der Waals surface area contributed by atoms with Gasteiger partial charge in [-0.25, -0.2) is 0 Å². The van der Waals surface area contributed by atoms with Crippen LogP contribution in [0.15, 0.2) is 237 Å². The second kappa shape index (κ2) is 15.3. The molecule has 11 aromatic carbocycles. The summed E-state index contributed by atoms with van der Waals surface area (Å²) in [6.45, 7) is 0. The lowest BCUT2D eigenvalue weighted by molar-refractivity contribution is 0.353. The van der Waals surface area contributed by atoms with Crippen LogP contribution in [0.4, 0.5) is 17.1 Å². The Labute approximate surface area is 398 Å². The van der Waals surface area contributed by atoms with E-state index in [1.54, 1.807) is 0 Å². The van der Waals surface area contributed by atoms with E-state index < -0.39 is 5.41 Å². The van der Waals surface area contributed by atoms with Crippen molar-refractivity contribution in [3.8, 4) is 33.4 Å². The van der Waals surface area contributed by atoms with Gasteiger partial charge in [-0.3, -0.25) is 0 Å². The van der Waals surface area contributed by atoms with Gasteiger partial charge in [-0.1, -0.05) is 213 Å². The Hall–Kier alpha value is -8.00. The third-order valence-corrected chi connectivity index (χ3v) is 16.1. The van der Waals surface area contributed by atoms with E-state index >= 15 is 0 Å². The van der Waals surface area contributed by atoms with Crippen molar-refractivity contribution in [2.75, 3.05) is 4.90 Å². The normalized spacial score (nSPS) is 15.0. The molecule has 0 N–H and O–H groups in total. The lowest BCUT2D eigenvalue weighted by Gasteiger charge is -2.37. The maximum Gasteiger partial charge on any atom is 0.0714 e. The fourth-order valence-corrected chi connectivity index (χ4v) is 13.2. The van der Waals surface area contributed by atoms with Crippen LogP contribution in [0.25, 0.3) is 65.7 Å². The molecule has 0 aromatic heterocycles. The third-order valence-electron chi connectivity index (χ3n) is 16.1. The molecule has 0 saturated heterocycles. The Morgan fingerprint density at radius 2 is 0.721 bits per heavy atom. The van der Waals surface area contributed by atoms with Crippen molar-refractivity contribution in [2.45, 2.75) is 42.9 Å². The van der Waals surface area contributed by atoms with Gasteiger partial charge in [0.25, 0.3) is 0 Å². The largest absolute Gasteiger partial charge is 0.310 e. The van der Waals surface area contributed by atoms with Crippen molar-refractivity contribution < 1.29 is 0 Å². The monoisotopic (exact) mass is 867 g/mol. The summed E-state index contributed by atoms with van der Waals surface area (Å²) in [5, 5.41) is 7.78. The van der Waals surface area contributed by atoms with Crippen molar-refractivity contribution >= 4 is 49.4 Å². The standard InChI is InChI=1S/C67H49N/c1-4-18-47(19-5-1)67(48-20-6-2-7-21-48)63-29-15-13-27-58(63)60-39-36-51(44-65(60)67)68(50-35-38-59-57-26-12-14-28-62(57)66(64(59)43-50)40-16-3-17-41-66)49-33-30-45(31-34-49)46-32-37-56-54-24-9-8-22-52(54)53-23-10-11-25-55(53)61(56)42-46/h1-2,4-15,18-39,42-44H,3,16-17,40-41H2. The Bertz CT molecular complexity index is 3690.